The molecule has 0 aromatic carbocycles. The van der Waals surface area contributed by atoms with Gasteiger partial charge >= 0.3 is 6.03 Å². The Kier molecular flexibility index (Phi) is 5.23. The molecule has 3 aromatic heterocycles. The number of carbonyl (C=O) groups excluding carboxylic acids is 1. The van der Waals surface area contributed by atoms with Crippen molar-refractivity contribution in [3.8, 4) is 0 Å². The van der Waals surface area contributed by atoms with Crippen molar-refractivity contribution in [3.63, 3.8) is 0 Å². The maximum absolute atomic E-state index is 12.3. The molecule has 130 valence electrons. The summed E-state index contributed by atoms with van der Waals surface area (Å²) in [7, 11) is 1.79. The van der Waals surface area contributed by atoms with Gasteiger partial charge in [-0.3, -0.25) is 9.38 Å². The summed E-state index contributed by atoms with van der Waals surface area (Å²) in [6, 6.07) is 9.53. The molecule has 3 aromatic rings. The molecule has 7 nitrogen and oxygen atoms in total. The average Bonchev–Trinajstić information content (AvgIpc) is 3.07. The van der Waals surface area contributed by atoms with Gasteiger partial charge in [-0.2, -0.15) is 0 Å². The zero-order valence-electron chi connectivity index (χ0n) is 14.5. The van der Waals surface area contributed by atoms with Crippen molar-refractivity contribution in [1.82, 2.24) is 29.8 Å². The number of aryl methyl sites for hydroxylation is 1. The van der Waals surface area contributed by atoms with Crippen molar-refractivity contribution in [2.75, 3.05) is 13.6 Å². The van der Waals surface area contributed by atoms with Gasteiger partial charge in [0.05, 0.1) is 6.04 Å². The molecule has 0 fully saturated rings. The van der Waals surface area contributed by atoms with E-state index in [0.29, 0.717) is 6.54 Å². The second kappa shape index (κ2) is 7.74. The highest BCUT2D eigenvalue weighted by Crippen LogP contribution is 2.17. The highest BCUT2D eigenvalue weighted by atomic mass is 16.2. The van der Waals surface area contributed by atoms with Crippen LogP contribution in [-0.2, 0) is 6.42 Å². The van der Waals surface area contributed by atoms with Crippen molar-refractivity contribution in [2.24, 2.45) is 0 Å². The molecule has 0 aliphatic heterocycles. The van der Waals surface area contributed by atoms with Crippen molar-refractivity contribution >= 4 is 11.7 Å². The third-order valence-electron chi connectivity index (χ3n) is 4.31. The van der Waals surface area contributed by atoms with Gasteiger partial charge in [-0.1, -0.05) is 12.1 Å². The topological polar surface area (TPSA) is 75.4 Å². The minimum atomic E-state index is -0.0949. The Morgan fingerprint density at radius 3 is 2.96 bits per heavy atom. The van der Waals surface area contributed by atoms with Crippen LogP contribution in [0.25, 0.3) is 5.65 Å². The summed E-state index contributed by atoms with van der Waals surface area (Å²) in [5.74, 6) is 0.905. The van der Waals surface area contributed by atoms with Crippen molar-refractivity contribution < 1.29 is 4.79 Å². The largest absolute Gasteiger partial charge is 0.338 e. The number of urea groups is 1. The second-order valence-corrected chi connectivity index (χ2v) is 5.95. The maximum atomic E-state index is 12.3. The molecule has 0 aliphatic rings. The van der Waals surface area contributed by atoms with Gasteiger partial charge in [0.25, 0.3) is 0 Å². The first-order valence-corrected chi connectivity index (χ1v) is 8.36. The molecule has 1 N–H and O–H groups in total. The lowest BCUT2D eigenvalue weighted by Gasteiger charge is -2.25. The van der Waals surface area contributed by atoms with Crippen LogP contribution >= 0.6 is 0 Å². The molecule has 0 unspecified atom stereocenters. The van der Waals surface area contributed by atoms with Gasteiger partial charge < -0.3 is 10.2 Å². The molecule has 3 heterocycles. The quantitative estimate of drug-likeness (QED) is 0.701. The molecular formula is C18H22N6O. The van der Waals surface area contributed by atoms with E-state index in [-0.39, 0.29) is 12.1 Å². The summed E-state index contributed by atoms with van der Waals surface area (Å²) < 4.78 is 1.97. The zero-order chi connectivity index (χ0) is 17.6. The second-order valence-electron chi connectivity index (χ2n) is 5.95. The Morgan fingerprint density at radius 1 is 1.28 bits per heavy atom. The Labute approximate surface area is 146 Å². The summed E-state index contributed by atoms with van der Waals surface area (Å²) in [5.41, 5.74) is 1.85. The molecule has 0 aliphatic carbocycles. The normalized spacial score (nSPS) is 12.1. The highest BCUT2D eigenvalue weighted by Gasteiger charge is 2.17. The standard InChI is InChI=1S/C18H22N6O/c1-14(15-7-5-10-19-13-15)23(2)18(25)20-11-6-9-17-22-21-16-8-3-4-12-24(16)17/h3-5,7-8,10,12-14H,6,9,11H2,1-2H3,(H,20,25)/t14-/m1/s1. The molecule has 0 bridgehead atoms. The number of hydrogen-bond acceptors (Lipinski definition) is 4. The van der Waals surface area contributed by atoms with Gasteiger partial charge in [-0.25, -0.2) is 4.79 Å². The van der Waals surface area contributed by atoms with E-state index in [4.69, 9.17) is 0 Å². The lowest BCUT2D eigenvalue weighted by atomic mass is 10.1. The number of pyridine rings is 2. The Bertz CT molecular complexity index is 832. The number of rotatable bonds is 6. The minimum Gasteiger partial charge on any atom is -0.338 e. The fourth-order valence-electron chi connectivity index (χ4n) is 2.65. The van der Waals surface area contributed by atoms with Crippen LogP contribution in [0.15, 0.2) is 48.9 Å². The molecule has 7 heteroatoms. The predicted molar refractivity (Wildman–Crippen MR) is 95.1 cm³/mol. The van der Waals surface area contributed by atoms with E-state index in [0.717, 1.165) is 29.9 Å². The van der Waals surface area contributed by atoms with Crippen LogP contribution in [0.2, 0.25) is 0 Å². The van der Waals surface area contributed by atoms with Crippen molar-refractivity contribution in [2.45, 2.75) is 25.8 Å². The van der Waals surface area contributed by atoms with Gasteiger partial charge in [0.1, 0.15) is 5.82 Å². The minimum absolute atomic E-state index is 0.0332. The molecule has 0 spiro atoms. The monoisotopic (exact) mass is 338 g/mol. The fraction of sp³-hybridized carbons (Fsp3) is 0.333. The highest BCUT2D eigenvalue weighted by molar-refractivity contribution is 5.74. The number of nitrogens with zero attached hydrogens (tertiary/aromatic N) is 5. The zero-order valence-corrected chi connectivity index (χ0v) is 14.5. The molecule has 25 heavy (non-hydrogen) atoms. The summed E-state index contributed by atoms with van der Waals surface area (Å²) in [4.78, 5) is 18.1. The molecule has 0 saturated heterocycles. The van der Waals surface area contributed by atoms with Crippen LogP contribution in [0.3, 0.4) is 0 Å². The van der Waals surface area contributed by atoms with Crippen LogP contribution in [0.1, 0.15) is 30.8 Å². The van der Waals surface area contributed by atoms with Gasteiger partial charge in [0, 0.05) is 38.6 Å². The molecule has 0 saturated carbocycles. The number of carbonyl (C=O) groups is 1. The van der Waals surface area contributed by atoms with Gasteiger partial charge in [-0.05, 0) is 37.1 Å². The third-order valence-corrected chi connectivity index (χ3v) is 4.31. The lowest BCUT2D eigenvalue weighted by molar-refractivity contribution is 0.194. The molecule has 3 rings (SSSR count). The van der Waals surface area contributed by atoms with Crippen molar-refractivity contribution in [3.05, 3.63) is 60.3 Å². The fourth-order valence-corrected chi connectivity index (χ4v) is 2.65. The smallest absolute Gasteiger partial charge is 0.317 e. The first kappa shape index (κ1) is 16.9. The maximum Gasteiger partial charge on any atom is 0.317 e. The van der Waals surface area contributed by atoms with Crippen LogP contribution in [0.5, 0.6) is 0 Å². The van der Waals surface area contributed by atoms with Crippen LogP contribution in [0.4, 0.5) is 4.79 Å². The Balaban J connectivity index is 1.47. The lowest BCUT2D eigenvalue weighted by Crippen LogP contribution is -2.39. The van der Waals surface area contributed by atoms with Crippen LogP contribution < -0.4 is 5.32 Å². The SMILES string of the molecule is C[C@H](c1cccnc1)N(C)C(=O)NCCCc1nnc2ccccn12. The van der Waals surface area contributed by atoms with Gasteiger partial charge in [-0.15, -0.1) is 10.2 Å². The number of hydrogen-bond donors (Lipinski definition) is 1. The van der Waals surface area contributed by atoms with Gasteiger partial charge in [0.2, 0.25) is 0 Å². The molecule has 2 amide bonds. The predicted octanol–water partition coefficient (Wildman–Crippen LogP) is 2.46. The number of aromatic nitrogens is 4. The van der Waals surface area contributed by atoms with E-state index in [2.05, 4.69) is 20.5 Å². The molecule has 1 atom stereocenters. The van der Waals surface area contributed by atoms with E-state index in [1.54, 1.807) is 24.3 Å². The first-order chi connectivity index (χ1) is 12.2. The van der Waals surface area contributed by atoms with Gasteiger partial charge in [0.15, 0.2) is 5.65 Å². The molecule has 0 radical (unpaired) electrons. The van der Waals surface area contributed by atoms with Crippen LogP contribution in [-0.4, -0.2) is 44.1 Å². The summed E-state index contributed by atoms with van der Waals surface area (Å²) in [6.07, 6.45) is 7.02. The third kappa shape index (κ3) is 3.93. The molecular weight excluding hydrogens is 316 g/mol. The Morgan fingerprint density at radius 2 is 2.16 bits per heavy atom. The number of nitrogens with one attached hydrogen (secondary N) is 1. The van der Waals surface area contributed by atoms with E-state index in [9.17, 15) is 4.79 Å². The Hall–Kier alpha value is -2.96. The van der Waals surface area contributed by atoms with Crippen molar-refractivity contribution in [1.29, 1.82) is 0 Å². The van der Waals surface area contributed by atoms with E-state index in [1.807, 2.05) is 47.9 Å². The van der Waals surface area contributed by atoms with E-state index in [1.165, 1.54) is 0 Å². The summed E-state index contributed by atoms with van der Waals surface area (Å²) in [6.45, 7) is 2.57. The van der Waals surface area contributed by atoms with E-state index >= 15 is 0 Å². The average molecular weight is 338 g/mol. The number of amides is 2. The first-order valence-electron chi connectivity index (χ1n) is 8.36. The summed E-state index contributed by atoms with van der Waals surface area (Å²) >= 11 is 0. The summed E-state index contributed by atoms with van der Waals surface area (Å²) in [5, 5.41) is 11.3. The van der Waals surface area contributed by atoms with Crippen LogP contribution in [0, 0.1) is 0 Å². The van der Waals surface area contributed by atoms with E-state index < -0.39 is 0 Å². The number of fused-ring (bicyclic) bond motifs is 1.